The van der Waals surface area contributed by atoms with E-state index in [2.05, 4.69) is 10.2 Å². The van der Waals surface area contributed by atoms with Gasteiger partial charge >= 0.3 is 0 Å². The molecule has 114 valence electrons. The quantitative estimate of drug-likeness (QED) is 0.900. The van der Waals surface area contributed by atoms with Crippen LogP contribution in [0.2, 0.25) is 0 Å². The summed E-state index contributed by atoms with van der Waals surface area (Å²) in [5, 5.41) is 7.66. The Labute approximate surface area is 124 Å². The summed E-state index contributed by atoms with van der Waals surface area (Å²) >= 11 is 0. The Balaban J connectivity index is 2.41. The molecule has 2 aromatic rings. The minimum absolute atomic E-state index is 0.00962. The second kappa shape index (κ2) is 5.95. The van der Waals surface area contributed by atoms with Gasteiger partial charge in [0.05, 0.1) is 12.3 Å². The summed E-state index contributed by atoms with van der Waals surface area (Å²) in [6.45, 7) is 6.38. The lowest BCUT2D eigenvalue weighted by Gasteiger charge is -2.08. The van der Waals surface area contributed by atoms with Gasteiger partial charge in [-0.2, -0.15) is 0 Å². The molecule has 7 heteroatoms. The molecule has 2 N–H and O–H groups in total. The van der Waals surface area contributed by atoms with Crippen LogP contribution in [0.15, 0.2) is 23.4 Å². The van der Waals surface area contributed by atoms with Crippen molar-refractivity contribution in [2.45, 2.75) is 44.8 Å². The first kappa shape index (κ1) is 15.7. The van der Waals surface area contributed by atoms with E-state index in [-0.39, 0.29) is 17.5 Å². The first-order valence-electron chi connectivity index (χ1n) is 6.79. The van der Waals surface area contributed by atoms with Crippen LogP contribution in [-0.2, 0) is 28.7 Å². The van der Waals surface area contributed by atoms with E-state index in [0.29, 0.717) is 12.4 Å². The summed E-state index contributed by atoms with van der Waals surface area (Å²) in [7, 11) is -3.55. The molecule has 1 aromatic carbocycles. The third kappa shape index (κ3) is 3.30. The summed E-state index contributed by atoms with van der Waals surface area (Å²) in [6, 6.07) is 5.76. The molecule has 0 bridgehead atoms. The molecule has 2 rings (SSSR count). The highest BCUT2D eigenvalue weighted by molar-refractivity contribution is 7.90. The predicted octanol–water partition coefficient (Wildman–Crippen LogP) is 1.35. The van der Waals surface area contributed by atoms with E-state index >= 15 is 0 Å². The zero-order valence-corrected chi connectivity index (χ0v) is 13.3. The van der Waals surface area contributed by atoms with Gasteiger partial charge in [0.1, 0.15) is 5.82 Å². The third-order valence-corrected chi connectivity index (χ3v) is 4.78. The number of benzene rings is 1. The maximum Gasteiger partial charge on any atom is 0.250 e. The number of nitrogens with zero attached hydrogens (tertiary/aromatic N) is 3. The minimum Gasteiger partial charge on any atom is -0.324 e. The fraction of sp³-hybridized carbons (Fsp3) is 0.429. The standard InChI is InChI=1S/C14H20N4O2S/c1-4-18-13(8-15)16-17-14(18)21(19,20)9-12-6-10(2)5-11(3)7-12/h5-7H,4,8-9,15H2,1-3H3. The van der Waals surface area contributed by atoms with E-state index in [0.717, 1.165) is 16.7 Å². The van der Waals surface area contributed by atoms with Crippen LogP contribution < -0.4 is 5.73 Å². The van der Waals surface area contributed by atoms with Gasteiger partial charge in [0.25, 0.3) is 0 Å². The average molecular weight is 308 g/mol. The number of aromatic nitrogens is 3. The topological polar surface area (TPSA) is 90.9 Å². The highest BCUT2D eigenvalue weighted by atomic mass is 32.2. The monoisotopic (exact) mass is 308 g/mol. The maximum atomic E-state index is 12.6. The van der Waals surface area contributed by atoms with Crippen LogP contribution in [0.4, 0.5) is 0 Å². The van der Waals surface area contributed by atoms with Gasteiger partial charge in [-0.15, -0.1) is 10.2 Å². The Bertz CT molecular complexity index is 730. The van der Waals surface area contributed by atoms with Crippen molar-refractivity contribution < 1.29 is 8.42 Å². The lowest BCUT2D eigenvalue weighted by molar-refractivity contribution is 0.562. The van der Waals surface area contributed by atoms with Crippen molar-refractivity contribution in [1.29, 1.82) is 0 Å². The highest BCUT2D eigenvalue weighted by Crippen LogP contribution is 2.18. The SMILES string of the molecule is CCn1c(CN)nnc1S(=O)(=O)Cc1cc(C)cc(C)c1. The van der Waals surface area contributed by atoms with E-state index < -0.39 is 9.84 Å². The Hall–Kier alpha value is -1.73. The van der Waals surface area contributed by atoms with Crippen molar-refractivity contribution in [2.75, 3.05) is 0 Å². The van der Waals surface area contributed by atoms with Crippen LogP contribution in [0, 0.1) is 13.8 Å². The van der Waals surface area contributed by atoms with Crippen molar-refractivity contribution in [3.63, 3.8) is 0 Å². The molecule has 6 nitrogen and oxygen atoms in total. The fourth-order valence-corrected chi connectivity index (χ4v) is 3.92. The number of hydrogen-bond donors (Lipinski definition) is 1. The molecule has 1 aromatic heterocycles. The van der Waals surface area contributed by atoms with Gasteiger partial charge in [-0.05, 0) is 26.3 Å². The first-order chi connectivity index (χ1) is 9.87. The van der Waals surface area contributed by atoms with Gasteiger partial charge < -0.3 is 10.3 Å². The van der Waals surface area contributed by atoms with E-state index in [1.165, 1.54) is 0 Å². The summed E-state index contributed by atoms with van der Waals surface area (Å²) in [4.78, 5) is 0. The number of hydrogen-bond acceptors (Lipinski definition) is 5. The zero-order valence-electron chi connectivity index (χ0n) is 12.5. The first-order valence-corrected chi connectivity index (χ1v) is 8.44. The molecule has 0 atom stereocenters. The van der Waals surface area contributed by atoms with Crippen molar-refractivity contribution in [3.05, 3.63) is 40.7 Å². The van der Waals surface area contributed by atoms with Crippen molar-refractivity contribution in [3.8, 4) is 0 Å². The maximum absolute atomic E-state index is 12.6. The molecule has 0 saturated heterocycles. The molecule has 0 spiro atoms. The molecular weight excluding hydrogens is 288 g/mol. The Kier molecular flexibility index (Phi) is 4.43. The van der Waals surface area contributed by atoms with Crippen molar-refractivity contribution >= 4 is 9.84 Å². The molecular formula is C14H20N4O2S. The largest absolute Gasteiger partial charge is 0.324 e. The summed E-state index contributed by atoms with van der Waals surface area (Å²) in [5.74, 6) is 0.398. The molecule has 0 aliphatic rings. The van der Waals surface area contributed by atoms with Gasteiger partial charge in [0.15, 0.2) is 0 Å². The van der Waals surface area contributed by atoms with E-state index in [1.54, 1.807) is 4.57 Å². The number of nitrogens with two attached hydrogens (primary N) is 1. The Morgan fingerprint density at radius 1 is 1.14 bits per heavy atom. The third-order valence-electron chi connectivity index (χ3n) is 3.21. The van der Waals surface area contributed by atoms with Gasteiger partial charge in [-0.25, -0.2) is 8.42 Å². The second-order valence-corrected chi connectivity index (χ2v) is 6.99. The second-order valence-electron chi connectivity index (χ2n) is 5.10. The summed E-state index contributed by atoms with van der Waals surface area (Å²) in [5.41, 5.74) is 8.40. The molecule has 0 aliphatic heterocycles. The summed E-state index contributed by atoms with van der Waals surface area (Å²) in [6.07, 6.45) is 0. The van der Waals surface area contributed by atoms with E-state index in [4.69, 9.17) is 5.73 Å². The molecule has 0 amide bonds. The molecule has 1 heterocycles. The lowest BCUT2D eigenvalue weighted by Crippen LogP contribution is -2.15. The number of rotatable bonds is 5. The van der Waals surface area contributed by atoms with Gasteiger partial charge in [-0.3, -0.25) is 0 Å². The molecule has 21 heavy (non-hydrogen) atoms. The predicted molar refractivity (Wildman–Crippen MR) is 80.4 cm³/mol. The van der Waals surface area contributed by atoms with Gasteiger partial charge in [0.2, 0.25) is 15.0 Å². The Morgan fingerprint density at radius 3 is 2.29 bits per heavy atom. The normalized spacial score (nSPS) is 11.8. The fourth-order valence-electron chi connectivity index (χ4n) is 2.45. The number of sulfone groups is 1. The lowest BCUT2D eigenvalue weighted by atomic mass is 10.1. The summed E-state index contributed by atoms with van der Waals surface area (Å²) < 4.78 is 26.7. The van der Waals surface area contributed by atoms with Gasteiger partial charge in [0, 0.05) is 6.54 Å². The van der Waals surface area contributed by atoms with Crippen LogP contribution in [0.3, 0.4) is 0 Å². The smallest absolute Gasteiger partial charge is 0.250 e. The van der Waals surface area contributed by atoms with E-state index in [1.807, 2.05) is 39.0 Å². The van der Waals surface area contributed by atoms with Crippen LogP contribution >= 0.6 is 0 Å². The van der Waals surface area contributed by atoms with Crippen LogP contribution in [-0.4, -0.2) is 23.2 Å². The van der Waals surface area contributed by atoms with E-state index in [9.17, 15) is 8.42 Å². The molecule has 0 saturated carbocycles. The zero-order chi connectivity index (χ0) is 15.6. The molecule has 0 unspecified atom stereocenters. The van der Waals surface area contributed by atoms with Crippen LogP contribution in [0.25, 0.3) is 0 Å². The van der Waals surface area contributed by atoms with Crippen LogP contribution in [0.5, 0.6) is 0 Å². The Morgan fingerprint density at radius 2 is 1.76 bits per heavy atom. The van der Waals surface area contributed by atoms with Crippen molar-refractivity contribution in [2.24, 2.45) is 5.73 Å². The average Bonchev–Trinajstić information content (AvgIpc) is 2.80. The van der Waals surface area contributed by atoms with Crippen molar-refractivity contribution in [1.82, 2.24) is 14.8 Å². The number of aryl methyl sites for hydroxylation is 2. The molecule has 0 radical (unpaired) electrons. The molecule has 0 fully saturated rings. The minimum atomic E-state index is -3.55. The highest BCUT2D eigenvalue weighted by Gasteiger charge is 2.24. The van der Waals surface area contributed by atoms with Crippen LogP contribution in [0.1, 0.15) is 29.4 Å². The molecule has 0 aliphatic carbocycles. The van der Waals surface area contributed by atoms with Gasteiger partial charge in [-0.1, -0.05) is 29.3 Å².